The highest BCUT2D eigenvalue weighted by atomic mass is 32.2. The minimum absolute atomic E-state index is 0.0966. The van der Waals surface area contributed by atoms with Gasteiger partial charge in [-0.2, -0.15) is 0 Å². The maximum atomic E-state index is 11.2. The Bertz CT molecular complexity index is 163. The molecule has 0 bridgehead atoms. The third-order valence-corrected chi connectivity index (χ3v) is 2.12. The van der Waals surface area contributed by atoms with Gasteiger partial charge in [-0.1, -0.05) is 13.8 Å². The zero-order valence-electron chi connectivity index (χ0n) is 9.10. The van der Waals surface area contributed by atoms with Gasteiger partial charge >= 0.3 is 6.03 Å². The Hall–Kier alpha value is -0.380. The van der Waals surface area contributed by atoms with Gasteiger partial charge in [-0.3, -0.25) is 0 Å². The van der Waals surface area contributed by atoms with Gasteiger partial charge in [-0.25, -0.2) is 4.79 Å². The molecule has 4 heteroatoms. The fraction of sp³-hybridized carbons (Fsp3) is 0.889. The van der Waals surface area contributed by atoms with Gasteiger partial charge in [0.15, 0.2) is 0 Å². The molecule has 0 aromatic heterocycles. The lowest BCUT2D eigenvalue weighted by molar-refractivity contribution is 0.233. The van der Waals surface area contributed by atoms with Crippen LogP contribution in [0.3, 0.4) is 0 Å². The average Bonchev–Trinajstić information content (AvgIpc) is 1.81. The zero-order chi connectivity index (χ0) is 10.5. The molecule has 3 nitrogen and oxygen atoms in total. The van der Waals surface area contributed by atoms with Gasteiger partial charge in [0.1, 0.15) is 0 Å². The number of carbonyl (C=O) groups is 1. The van der Waals surface area contributed by atoms with Crippen LogP contribution in [-0.4, -0.2) is 22.7 Å². The Kier molecular flexibility index (Phi) is 5.21. The van der Waals surface area contributed by atoms with Crippen molar-refractivity contribution in [2.45, 2.75) is 45.4 Å². The van der Waals surface area contributed by atoms with Crippen LogP contribution in [-0.2, 0) is 0 Å². The number of thioether (sulfide) groups is 1. The second-order valence-electron chi connectivity index (χ2n) is 4.24. The van der Waals surface area contributed by atoms with Crippen LogP contribution in [0.25, 0.3) is 0 Å². The molecule has 0 heterocycles. The molecule has 2 N–H and O–H groups in total. The summed E-state index contributed by atoms with van der Waals surface area (Å²) < 4.78 is 0. The maximum Gasteiger partial charge on any atom is 0.315 e. The van der Waals surface area contributed by atoms with E-state index < -0.39 is 0 Å². The molecule has 0 aromatic rings. The quantitative estimate of drug-likeness (QED) is 0.692. The van der Waals surface area contributed by atoms with Crippen molar-refractivity contribution in [3.63, 3.8) is 0 Å². The molecule has 0 aliphatic heterocycles. The first kappa shape index (κ1) is 12.6. The van der Waals surface area contributed by atoms with Gasteiger partial charge in [0.05, 0.1) is 5.88 Å². The number of nitrogens with one attached hydrogen (secondary N) is 2. The summed E-state index contributed by atoms with van der Waals surface area (Å²) in [5.74, 6) is 0.666. The Morgan fingerprint density at radius 1 is 1.38 bits per heavy atom. The predicted octanol–water partition coefficient (Wildman–Crippen LogP) is 2.18. The number of carbonyl (C=O) groups excluding carboxylic acids is 1. The highest BCUT2D eigenvalue weighted by molar-refractivity contribution is 7.99. The van der Waals surface area contributed by atoms with E-state index in [2.05, 4.69) is 24.5 Å². The molecule has 0 aromatic carbocycles. The van der Waals surface area contributed by atoms with Gasteiger partial charge in [0.25, 0.3) is 0 Å². The van der Waals surface area contributed by atoms with E-state index in [1.807, 2.05) is 20.8 Å². The molecule has 0 spiro atoms. The van der Waals surface area contributed by atoms with E-state index in [-0.39, 0.29) is 11.6 Å². The summed E-state index contributed by atoms with van der Waals surface area (Å²) in [4.78, 5) is 11.2. The molecule has 0 aliphatic carbocycles. The first-order valence-electron chi connectivity index (χ1n) is 4.49. The summed E-state index contributed by atoms with van der Waals surface area (Å²) in [6.07, 6.45) is 0. The Balaban J connectivity index is 3.53. The van der Waals surface area contributed by atoms with Gasteiger partial charge in [-0.05, 0) is 20.8 Å². The Morgan fingerprint density at radius 3 is 2.31 bits per heavy atom. The van der Waals surface area contributed by atoms with E-state index in [0.29, 0.717) is 11.1 Å². The molecule has 0 saturated carbocycles. The molecule has 78 valence electrons. The lowest BCUT2D eigenvalue weighted by atomic mass is 10.1. The highest BCUT2D eigenvalue weighted by Gasteiger charge is 2.12. The van der Waals surface area contributed by atoms with Crippen molar-refractivity contribution in [3.05, 3.63) is 0 Å². The largest absolute Gasteiger partial charge is 0.334 e. The monoisotopic (exact) mass is 204 g/mol. The molecule has 2 amide bonds. The number of hydrogen-bond acceptors (Lipinski definition) is 2. The van der Waals surface area contributed by atoms with Gasteiger partial charge in [0, 0.05) is 10.8 Å². The van der Waals surface area contributed by atoms with E-state index in [4.69, 9.17) is 0 Å². The first-order valence-corrected chi connectivity index (χ1v) is 5.54. The van der Waals surface area contributed by atoms with Crippen LogP contribution in [0.15, 0.2) is 0 Å². The third kappa shape index (κ3) is 9.53. The second kappa shape index (κ2) is 5.37. The standard InChI is InChI=1S/C9H20N2OS/c1-7(2)13-6-10-8(12)11-9(3,4)5/h7H,6H2,1-5H3,(H2,10,11,12). The van der Waals surface area contributed by atoms with Crippen LogP contribution in [0.5, 0.6) is 0 Å². The van der Waals surface area contributed by atoms with E-state index in [1.165, 1.54) is 0 Å². The predicted molar refractivity (Wildman–Crippen MR) is 59.0 cm³/mol. The minimum atomic E-state index is -0.160. The molecular formula is C9H20N2OS. The molecular weight excluding hydrogens is 184 g/mol. The average molecular weight is 204 g/mol. The van der Waals surface area contributed by atoms with Crippen LogP contribution in [0.1, 0.15) is 34.6 Å². The molecule has 13 heavy (non-hydrogen) atoms. The molecule has 0 aliphatic rings. The van der Waals surface area contributed by atoms with Crippen molar-refractivity contribution in [1.82, 2.24) is 10.6 Å². The smallest absolute Gasteiger partial charge is 0.315 e. The third-order valence-electron chi connectivity index (χ3n) is 1.14. The molecule has 0 radical (unpaired) electrons. The fourth-order valence-electron chi connectivity index (χ4n) is 0.659. The van der Waals surface area contributed by atoms with Crippen molar-refractivity contribution < 1.29 is 4.79 Å². The van der Waals surface area contributed by atoms with Gasteiger partial charge < -0.3 is 10.6 Å². The van der Waals surface area contributed by atoms with Crippen molar-refractivity contribution >= 4 is 17.8 Å². The highest BCUT2D eigenvalue weighted by Crippen LogP contribution is 2.06. The summed E-state index contributed by atoms with van der Waals surface area (Å²) in [5, 5.41) is 6.16. The summed E-state index contributed by atoms with van der Waals surface area (Å²) in [6.45, 7) is 10.1. The summed E-state index contributed by atoms with van der Waals surface area (Å²) in [7, 11) is 0. The van der Waals surface area contributed by atoms with Gasteiger partial charge in [-0.15, -0.1) is 11.8 Å². The van der Waals surface area contributed by atoms with Crippen LogP contribution >= 0.6 is 11.8 Å². The summed E-state index contributed by atoms with van der Waals surface area (Å²) in [5.41, 5.74) is -0.160. The van der Waals surface area contributed by atoms with Crippen molar-refractivity contribution in [2.24, 2.45) is 0 Å². The zero-order valence-corrected chi connectivity index (χ0v) is 9.92. The maximum absolute atomic E-state index is 11.2. The first-order chi connectivity index (χ1) is 5.81. The van der Waals surface area contributed by atoms with Crippen LogP contribution in [0, 0.1) is 0 Å². The normalized spacial score (nSPS) is 11.5. The van der Waals surface area contributed by atoms with E-state index in [0.717, 1.165) is 0 Å². The molecule has 0 saturated heterocycles. The van der Waals surface area contributed by atoms with Crippen LogP contribution in [0.4, 0.5) is 4.79 Å². The lowest BCUT2D eigenvalue weighted by Crippen LogP contribution is -2.46. The van der Waals surface area contributed by atoms with Crippen LogP contribution in [0.2, 0.25) is 0 Å². The summed E-state index contributed by atoms with van der Waals surface area (Å²) >= 11 is 1.71. The lowest BCUT2D eigenvalue weighted by Gasteiger charge is -2.20. The SMILES string of the molecule is CC(C)SCNC(=O)NC(C)(C)C. The van der Waals surface area contributed by atoms with Gasteiger partial charge in [0.2, 0.25) is 0 Å². The topological polar surface area (TPSA) is 41.1 Å². The second-order valence-corrected chi connectivity index (χ2v) is 5.81. The molecule has 0 atom stereocenters. The molecule has 0 fully saturated rings. The number of urea groups is 1. The van der Waals surface area contributed by atoms with Crippen molar-refractivity contribution in [2.75, 3.05) is 5.88 Å². The van der Waals surface area contributed by atoms with Crippen molar-refractivity contribution in [1.29, 1.82) is 0 Å². The molecule has 0 unspecified atom stereocenters. The van der Waals surface area contributed by atoms with Crippen molar-refractivity contribution in [3.8, 4) is 0 Å². The molecule has 0 rings (SSSR count). The summed E-state index contributed by atoms with van der Waals surface area (Å²) in [6, 6.07) is -0.0966. The fourth-order valence-corrected chi connectivity index (χ4v) is 1.21. The Labute approximate surface area is 85.0 Å². The van der Waals surface area contributed by atoms with E-state index in [1.54, 1.807) is 11.8 Å². The van der Waals surface area contributed by atoms with E-state index >= 15 is 0 Å². The Morgan fingerprint density at radius 2 is 1.92 bits per heavy atom. The number of rotatable bonds is 3. The number of hydrogen-bond donors (Lipinski definition) is 2. The van der Waals surface area contributed by atoms with E-state index in [9.17, 15) is 4.79 Å². The minimum Gasteiger partial charge on any atom is -0.334 e. The van der Waals surface area contributed by atoms with Crippen LogP contribution < -0.4 is 10.6 Å². The number of amides is 2.